The van der Waals surface area contributed by atoms with E-state index in [0.29, 0.717) is 5.56 Å². The Balaban J connectivity index is 1.86. The van der Waals surface area contributed by atoms with Gasteiger partial charge in [0, 0.05) is 28.0 Å². The van der Waals surface area contributed by atoms with E-state index in [4.69, 9.17) is 0 Å². The van der Waals surface area contributed by atoms with E-state index in [1.54, 1.807) is 19.1 Å². The summed E-state index contributed by atoms with van der Waals surface area (Å²) < 4.78 is 0. The molecule has 1 unspecified atom stereocenters. The lowest BCUT2D eigenvalue weighted by Gasteiger charge is -2.15. The van der Waals surface area contributed by atoms with Gasteiger partial charge in [0.25, 0.3) is 5.69 Å². The Morgan fingerprint density at radius 1 is 1.30 bits per heavy atom. The molecule has 5 heteroatoms. The third kappa shape index (κ3) is 2.36. The fourth-order valence-corrected chi connectivity index (χ4v) is 3.54. The van der Waals surface area contributed by atoms with Crippen molar-refractivity contribution in [3.8, 4) is 0 Å². The molecule has 1 aliphatic heterocycles. The summed E-state index contributed by atoms with van der Waals surface area (Å²) >= 11 is 1.81. The second kappa shape index (κ2) is 5.17. The van der Waals surface area contributed by atoms with Crippen molar-refractivity contribution >= 4 is 23.1 Å². The molecule has 0 amide bonds. The van der Waals surface area contributed by atoms with Crippen LogP contribution in [0.25, 0.3) is 0 Å². The molecule has 0 bridgehead atoms. The normalized spacial score (nSPS) is 16.8. The Kier molecular flexibility index (Phi) is 3.36. The number of anilines is 1. The molecule has 4 nitrogen and oxygen atoms in total. The van der Waals surface area contributed by atoms with Crippen LogP contribution in [0.15, 0.2) is 47.4 Å². The second-order valence-corrected chi connectivity index (χ2v) is 5.87. The first-order valence-corrected chi connectivity index (χ1v) is 7.37. The monoisotopic (exact) mass is 286 g/mol. The number of nitro groups is 1. The summed E-state index contributed by atoms with van der Waals surface area (Å²) in [6.07, 6.45) is 0. The minimum Gasteiger partial charge on any atom is -0.377 e. The van der Waals surface area contributed by atoms with Crippen LogP contribution < -0.4 is 5.32 Å². The number of hydrogen-bond donors (Lipinski definition) is 1. The van der Waals surface area contributed by atoms with Crippen molar-refractivity contribution in [3.63, 3.8) is 0 Å². The van der Waals surface area contributed by atoms with E-state index in [9.17, 15) is 10.1 Å². The molecule has 3 rings (SSSR count). The van der Waals surface area contributed by atoms with Crippen LogP contribution in [-0.2, 0) is 0 Å². The predicted molar refractivity (Wildman–Crippen MR) is 81.4 cm³/mol. The molecule has 1 heterocycles. The number of nitrogens with zero attached hydrogens (tertiary/aromatic N) is 1. The molecule has 1 atom stereocenters. The molecule has 0 spiro atoms. The zero-order valence-corrected chi connectivity index (χ0v) is 11.8. The Bertz CT molecular complexity index is 673. The zero-order valence-electron chi connectivity index (χ0n) is 11.0. The summed E-state index contributed by atoms with van der Waals surface area (Å²) in [5.41, 5.74) is 2.90. The van der Waals surface area contributed by atoms with E-state index in [2.05, 4.69) is 17.4 Å². The van der Waals surface area contributed by atoms with Gasteiger partial charge in [-0.3, -0.25) is 10.1 Å². The highest BCUT2D eigenvalue weighted by Gasteiger charge is 2.23. The summed E-state index contributed by atoms with van der Waals surface area (Å²) in [4.78, 5) is 11.9. The summed E-state index contributed by atoms with van der Waals surface area (Å²) in [5.74, 6) is 0.945. The Morgan fingerprint density at radius 3 is 2.90 bits per heavy atom. The quantitative estimate of drug-likeness (QED) is 0.680. The molecule has 1 aliphatic rings. The van der Waals surface area contributed by atoms with Crippen molar-refractivity contribution in [2.45, 2.75) is 17.9 Å². The molecule has 20 heavy (non-hydrogen) atoms. The van der Waals surface area contributed by atoms with Gasteiger partial charge in [-0.15, -0.1) is 11.8 Å². The lowest BCUT2D eigenvalue weighted by Crippen LogP contribution is -2.10. The van der Waals surface area contributed by atoms with Crippen molar-refractivity contribution in [3.05, 3.63) is 63.7 Å². The van der Waals surface area contributed by atoms with Gasteiger partial charge in [-0.1, -0.05) is 24.3 Å². The summed E-state index contributed by atoms with van der Waals surface area (Å²) in [6, 6.07) is 13.8. The third-order valence-electron chi connectivity index (χ3n) is 3.45. The van der Waals surface area contributed by atoms with E-state index in [1.165, 1.54) is 10.5 Å². The first-order chi connectivity index (χ1) is 9.65. The average Bonchev–Trinajstić information content (AvgIpc) is 2.84. The molecule has 0 saturated heterocycles. The predicted octanol–water partition coefficient (Wildman–Crippen LogP) is 4.16. The molecule has 102 valence electrons. The van der Waals surface area contributed by atoms with Crippen LogP contribution >= 0.6 is 11.8 Å². The molecular weight excluding hydrogens is 272 g/mol. The van der Waals surface area contributed by atoms with Gasteiger partial charge in [0.05, 0.1) is 11.0 Å². The van der Waals surface area contributed by atoms with E-state index >= 15 is 0 Å². The minimum atomic E-state index is -0.335. The SMILES string of the molecule is Cc1ccc(NC2CSc3ccccc32)cc1[N+](=O)[O-]. The van der Waals surface area contributed by atoms with Crippen LogP contribution in [0.1, 0.15) is 17.2 Å². The van der Waals surface area contributed by atoms with Crippen LogP contribution in [0.4, 0.5) is 11.4 Å². The van der Waals surface area contributed by atoms with Gasteiger partial charge in [0.15, 0.2) is 0 Å². The smallest absolute Gasteiger partial charge is 0.274 e. The highest BCUT2D eigenvalue weighted by molar-refractivity contribution is 7.99. The molecule has 2 aromatic carbocycles. The fraction of sp³-hybridized carbons (Fsp3) is 0.200. The highest BCUT2D eigenvalue weighted by atomic mass is 32.2. The number of nitrogens with one attached hydrogen (secondary N) is 1. The molecule has 0 fully saturated rings. The van der Waals surface area contributed by atoms with Gasteiger partial charge in [0.2, 0.25) is 0 Å². The molecule has 0 aliphatic carbocycles. The van der Waals surface area contributed by atoms with Crippen molar-refractivity contribution < 1.29 is 4.92 Å². The maximum atomic E-state index is 11.0. The maximum absolute atomic E-state index is 11.0. The molecule has 0 saturated carbocycles. The van der Waals surface area contributed by atoms with Crippen LogP contribution in [0.5, 0.6) is 0 Å². The van der Waals surface area contributed by atoms with Crippen LogP contribution in [0, 0.1) is 17.0 Å². The minimum absolute atomic E-state index is 0.161. The summed E-state index contributed by atoms with van der Waals surface area (Å²) in [5, 5.41) is 14.4. The largest absolute Gasteiger partial charge is 0.377 e. The number of aryl methyl sites for hydroxylation is 1. The molecule has 2 aromatic rings. The third-order valence-corrected chi connectivity index (χ3v) is 4.63. The fourth-order valence-electron chi connectivity index (χ4n) is 2.38. The first kappa shape index (κ1) is 13.0. The lowest BCUT2D eigenvalue weighted by atomic mass is 10.1. The van der Waals surface area contributed by atoms with Crippen LogP contribution in [0.3, 0.4) is 0 Å². The van der Waals surface area contributed by atoms with Crippen LogP contribution in [0.2, 0.25) is 0 Å². The maximum Gasteiger partial charge on any atom is 0.274 e. The van der Waals surface area contributed by atoms with Gasteiger partial charge in [-0.2, -0.15) is 0 Å². The van der Waals surface area contributed by atoms with Gasteiger partial charge < -0.3 is 5.32 Å². The van der Waals surface area contributed by atoms with Crippen LogP contribution in [-0.4, -0.2) is 10.7 Å². The topological polar surface area (TPSA) is 55.2 Å². The van der Waals surface area contributed by atoms with Crippen molar-refractivity contribution in [1.82, 2.24) is 0 Å². The number of benzene rings is 2. The van der Waals surface area contributed by atoms with E-state index in [-0.39, 0.29) is 16.7 Å². The van der Waals surface area contributed by atoms with Gasteiger partial charge >= 0.3 is 0 Å². The van der Waals surface area contributed by atoms with E-state index < -0.39 is 0 Å². The van der Waals surface area contributed by atoms with Crippen molar-refractivity contribution in [2.75, 3.05) is 11.1 Å². The summed E-state index contributed by atoms with van der Waals surface area (Å²) in [7, 11) is 0. The number of hydrogen-bond acceptors (Lipinski definition) is 4. The average molecular weight is 286 g/mol. The van der Waals surface area contributed by atoms with E-state index in [1.807, 2.05) is 30.0 Å². The number of thioether (sulfide) groups is 1. The molecule has 1 N–H and O–H groups in total. The number of nitro benzene ring substituents is 1. The second-order valence-electron chi connectivity index (χ2n) is 4.80. The van der Waals surface area contributed by atoms with Crippen molar-refractivity contribution in [1.29, 1.82) is 0 Å². The number of fused-ring (bicyclic) bond motifs is 1. The zero-order chi connectivity index (χ0) is 14.1. The number of rotatable bonds is 3. The van der Waals surface area contributed by atoms with Crippen molar-refractivity contribution in [2.24, 2.45) is 0 Å². The molecular formula is C15H14N2O2S. The molecule has 0 radical (unpaired) electrons. The van der Waals surface area contributed by atoms with Gasteiger partial charge in [-0.25, -0.2) is 0 Å². The Hall–Kier alpha value is -2.01. The standard InChI is InChI=1S/C15H14N2O2S/c1-10-6-7-11(8-14(10)17(18)19)16-13-9-20-15-5-3-2-4-12(13)15/h2-8,13,16H,9H2,1H3. The first-order valence-electron chi connectivity index (χ1n) is 6.38. The summed E-state index contributed by atoms with van der Waals surface area (Å²) in [6.45, 7) is 1.75. The van der Waals surface area contributed by atoms with Gasteiger partial charge in [-0.05, 0) is 24.6 Å². The lowest BCUT2D eigenvalue weighted by molar-refractivity contribution is -0.385. The highest BCUT2D eigenvalue weighted by Crippen LogP contribution is 2.39. The molecule has 0 aromatic heterocycles. The Labute approximate surface area is 121 Å². The van der Waals surface area contributed by atoms with Gasteiger partial charge in [0.1, 0.15) is 0 Å². The Morgan fingerprint density at radius 2 is 2.10 bits per heavy atom. The van der Waals surface area contributed by atoms with E-state index in [0.717, 1.165) is 11.4 Å².